The van der Waals surface area contributed by atoms with E-state index in [1.165, 1.54) is 5.56 Å². The van der Waals surface area contributed by atoms with E-state index in [0.29, 0.717) is 0 Å². The minimum atomic E-state index is -0.462. The van der Waals surface area contributed by atoms with Gasteiger partial charge < -0.3 is 15.2 Å². The molecule has 2 N–H and O–H groups in total. The summed E-state index contributed by atoms with van der Waals surface area (Å²) in [6.45, 7) is 6.05. The van der Waals surface area contributed by atoms with Crippen LogP contribution in [-0.2, 0) is 11.2 Å². The standard InChI is InChI=1S/C19H29NO3/c1-13(2)23-16-11-9-15(10-12-16)8-7-14(3)20-19(22)17-5-4-6-18(17)21/h9-14,17-18,21H,4-8H2,1-3H3,(H,20,22). The number of aliphatic hydroxyl groups is 1. The van der Waals surface area contributed by atoms with Gasteiger partial charge in [0.2, 0.25) is 5.91 Å². The Bertz CT molecular complexity index is 498. The summed E-state index contributed by atoms with van der Waals surface area (Å²) < 4.78 is 5.63. The number of hydrogen-bond donors (Lipinski definition) is 2. The van der Waals surface area contributed by atoms with Gasteiger partial charge in [-0.25, -0.2) is 0 Å². The molecule has 3 atom stereocenters. The Labute approximate surface area is 139 Å². The van der Waals surface area contributed by atoms with Crippen LogP contribution in [0.2, 0.25) is 0 Å². The Hall–Kier alpha value is -1.55. The molecule has 1 amide bonds. The Morgan fingerprint density at radius 3 is 2.52 bits per heavy atom. The van der Waals surface area contributed by atoms with Gasteiger partial charge in [0.05, 0.1) is 18.1 Å². The number of aryl methyl sites for hydroxylation is 1. The van der Waals surface area contributed by atoms with Gasteiger partial charge in [0, 0.05) is 6.04 Å². The molecule has 4 heteroatoms. The monoisotopic (exact) mass is 319 g/mol. The molecule has 0 spiro atoms. The van der Waals surface area contributed by atoms with Gasteiger partial charge in [-0.15, -0.1) is 0 Å². The predicted octanol–water partition coefficient (Wildman–Crippen LogP) is 3.07. The number of aliphatic hydroxyl groups excluding tert-OH is 1. The van der Waals surface area contributed by atoms with Crippen LogP contribution in [0.3, 0.4) is 0 Å². The molecule has 1 aliphatic carbocycles. The minimum Gasteiger partial charge on any atom is -0.491 e. The zero-order chi connectivity index (χ0) is 16.8. The molecule has 23 heavy (non-hydrogen) atoms. The first-order chi connectivity index (χ1) is 11.0. The first kappa shape index (κ1) is 17.8. The SMILES string of the molecule is CC(CCc1ccc(OC(C)C)cc1)NC(=O)C1CCCC1O. The van der Waals surface area contributed by atoms with E-state index in [4.69, 9.17) is 4.74 Å². The molecular weight excluding hydrogens is 290 g/mol. The molecule has 1 aromatic rings. The van der Waals surface area contributed by atoms with Crippen LogP contribution in [0.4, 0.5) is 0 Å². The van der Waals surface area contributed by atoms with Crippen molar-refractivity contribution in [3.63, 3.8) is 0 Å². The number of carbonyl (C=O) groups is 1. The van der Waals surface area contributed by atoms with Gasteiger partial charge >= 0.3 is 0 Å². The molecule has 0 saturated heterocycles. The van der Waals surface area contributed by atoms with Crippen LogP contribution in [0.15, 0.2) is 24.3 Å². The van der Waals surface area contributed by atoms with Gasteiger partial charge in [0.1, 0.15) is 5.75 Å². The molecule has 0 heterocycles. The molecule has 1 fully saturated rings. The lowest BCUT2D eigenvalue weighted by atomic mass is 10.0. The first-order valence-corrected chi connectivity index (χ1v) is 8.69. The van der Waals surface area contributed by atoms with Gasteiger partial charge in [-0.05, 0) is 70.6 Å². The fraction of sp³-hybridized carbons (Fsp3) is 0.632. The molecule has 0 radical (unpaired) electrons. The van der Waals surface area contributed by atoms with E-state index in [-0.39, 0.29) is 24.0 Å². The smallest absolute Gasteiger partial charge is 0.225 e. The van der Waals surface area contributed by atoms with Crippen molar-refractivity contribution in [2.45, 2.75) is 71.1 Å². The predicted molar refractivity (Wildman–Crippen MR) is 91.5 cm³/mol. The third-order valence-electron chi connectivity index (χ3n) is 4.37. The van der Waals surface area contributed by atoms with Gasteiger partial charge in [-0.3, -0.25) is 4.79 Å². The highest BCUT2D eigenvalue weighted by molar-refractivity contribution is 5.79. The second-order valence-corrected chi connectivity index (χ2v) is 6.86. The number of amides is 1. The van der Waals surface area contributed by atoms with Gasteiger partial charge in [0.15, 0.2) is 0 Å². The summed E-state index contributed by atoms with van der Waals surface area (Å²) in [5.41, 5.74) is 1.24. The summed E-state index contributed by atoms with van der Waals surface area (Å²) in [7, 11) is 0. The third-order valence-corrected chi connectivity index (χ3v) is 4.37. The second-order valence-electron chi connectivity index (χ2n) is 6.86. The average molecular weight is 319 g/mol. The van der Waals surface area contributed by atoms with Crippen molar-refractivity contribution in [2.24, 2.45) is 5.92 Å². The molecule has 128 valence electrons. The van der Waals surface area contributed by atoms with E-state index in [2.05, 4.69) is 17.4 Å². The Kier molecular flexibility index (Phi) is 6.46. The van der Waals surface area contributed by atoms with Crippen molar-refractivity contribution in [3.8, 4) is 5.75 Å². The van der Waals surface area contributed by atoms with Crippen molar-refractivity contribution >= 4 is 5.91 Å². The number of rotatable bonds is 7. The lowest BCUT2D eigenvalue weighted by molar-refractivity contribution is -0.128. The van der Waals surface area contributed by atoms with E-state index < -0.39 is 6.10 Å². The number of benzene rings is 1. The maximum absolute atomic E-state index is 12.1. The van der Waals surface area contributed by atoms with E-state index in [1.807, 2.05) is 32.9 Å². The zero-order valence-electron chi connectivity index (χ0n) is 14.4. The van der Waals surface area contributed by atoms with Crippen molar-refractivity contribution in [3.05, 3.63) is 29.8 Å². The van der Waals surface area contributed by atoms with E-state index in [9.17, 15) is 9.90 Å². The summed E-state index contributed by atoms with van der Waals surface area (Å²) in [5.74, 6) is 0.674. The third kappa shape index (κ3) is 5.54. The average Bonchev–Trinajstić information content (AvgIpc) is 2.92. The quantitative estimate of drug-likeness (QED) is 0.812. The Morgan fingerprint density at radius 2 is 1.96 bits per heavy atom. The van der Waals surface area contributed by atoms with Crippen LogP contribution in [0.5, 0.6) is 5.75 Å². The van der Waals surface area contributed by atoms with Gasteiger partial charge in [-0.2, -0.15) is 0 Å². The molecule has 1 saturated carbocycles. The maximum atomic E-state index is 12.1. The van der Waals surface area contributed by atoms with Crippen LogP contribution >= 0.6 is 0 Å². The van der Waals surface area contributed by atoms with E-state index >= 15 is 0 Å². The first-order valence-electron chi connectivity index (χ1n) is 8.69. The molecule has 0 aromatic heterocycles. The van der Waals surface area contributed by atoms with Gasteiger partial charge in [-0.1, -0.05) is 12.1 Å². The van der Waals surface area contributed by atoms with Gasteiger partial charge in [0.25, 0.3) is 0 Å². The molecular formula is C19H29NO3. The lowest BCUT2D eigenvalue weighted by Crippen LogP contribution is -2.40. The van der Waals surface area contributed by atoms with Crippen LogP contribution in [0, 0.1) is 5.92 Å². The van der Waals surface area contributed by atoms with E-state index in [1.54, 1.807) is 0 Å². The molecule has 1 aliphatic rings. The summed E-state index contributed by atoms with van der Waals surface area (Å²) in [4.78, 5) is 12.1. The number of carbonyl (C=O) groups excluding carboxylic acids is 1. The Balaban J connectivity index is 1.75. The highest BCUT2D eigenvalue weighted by Gasteiger charge is 2.31. The molecule has 0 bridgehead atoms. The van der Waals surface area contributed by atoms with E-state index in [0.717, 1.165) is 37.9 Å². The zero-order valence-corrected chi connectivity index (χ0v) is 14.4. The normalized spacial score (nSPS) is 22.1. The fourth-order valence-electron chi connectivity index (χ4n) is 3.06. The second kappa shape index (κ2) is 8.34. The number of hydrogen-bond acceptors (Lipinski definition) is 3. The summed E-state index contributed by atoms with van der Waals surface area (Å²) in [6.07, 6.45) is 4.01. The van der Waals surface area contributed by atoms with Crippen molar-refractivity contribution in [1.29, 1.82) is 0 Å². The van der Waals surface area contributed by atoms with Crippen molar-refractivity contribution < 1.29 is 14.6 Å². The molecule has 2 rings (SSSR count). The molecule has 1 aromatic carbocycles. The highest BCUT2D eigenvalue weighted by Crippen LogP contribution is 2.25. The Morgan fingerprint density at radius 1 is 1.26 bits per heavy atom. The molecule has 4 nitrogen and oxygen atoms in total. The molecule has 0 aliphatic heterocycles. The van der Waals surface area contributed by atoms with Crippen molar-refractivity contribution in [1.82, 2.24) is 5.32 Å². The van der Waals surface area contributed by atoms with Crippen LogP contribution in [0.25, 0.3) is 0 Å². The summed E-state index contributed by atoms with van der Waals surface area (Å²) in [5, 5.41) is 12.8. The topological polar surface area (TPSA) is 58.6 Å². The fourth-order valence-corrected chi connectivity index (χ4v) is 3.06. The number of ether oxygens (including phenoxy) is 1. The van der Waals surface area contributed by atoms with Crippen LogP contribution < -0.4 is 10.1 Å². The van der Waals surface area contributed by atoms with Crippen molar-refractivity contribution in [2.75, 3.05) is 0 Å². The van der Waals surface area contributed by atoms with Crippen LogP contribution in [-0.4, -0.2) is 29.3 Å². The summed E-state index contributed by atoms with van der Waals surface area (Å²) >= 11 is 0. The number of nitrogens with one attached hydrogen (secondary N) is 1. The highest BCUT2D eigenvalue weighted by atomic mass is 16.5. The molecule has 3 unspecified atom stereocenters. The maximum Gasteiger partial charge on any atom is 0.225 e. The van der Waals surface area contributed by atoms with Crippen LogP contribution in [0.1, 0.15) is 52.0 Å². The minimum absolute atomic E-state index is 0.00295. The largest absolute Gasteiger partial charge is 0.491 e. The summed E-state index contributed by atoms with van der Waals surface area (Å²) in [6, 6.07) is 8.25. The lowest BCUT2D eigenvalue weighted by Gasteiger charge is -2.19.